The number of carbonyl (C=O) groups is 2. The Kier molecular flexibility index (Phi) is 4.43. The largest absolute Gasteiger partial charge is 0.481 e. The van der Waals surface area contributed by atoms with Crippen LogP contribution in [0.1, 0.15) is 18.4 Å². The van der Waals surface area contributed by atoms with E-state index in [1.807, 2.05) is 35.2 Å². The van der Waals surface area contributed by atoms with Crippen molar-refractivity contribution in [1.29, 1.82) is 0 Å². The van der Waals surface area contributed by atoms with E-state index in [0.717, 1.165) is 18.5 Å². The van der Waals surface area contributed by atoms with Gasteiger partial charge in [-0.2, -0.15) is 0 Å². The van der Waals surface area contributed by atoms with Crippen LogP contribution in [0, 0.1) is 17.8 Å². The zero-order chi connectivity index (χ0) is 15.5. The lowest BCUT2D eigenvalue weighted by Crippen LogP contribution is -2.31. The topological polar surface area (TPSA) is 66.8 Å². The van der Waals surface area contributed by atoms with Gasteiger partial charge in [-0.1, -0.05) is 30.3 Å². The molecule has 2 fully saturated rings. The van der Waals surface area contributed by atoms with E-state index >= 15 is 0 Å². The van der Waals surface area contributed by atoms with Crippen molar-refractivity contribution in [3.63, 3.8) is 0 Å². The van der Waals surface area contributed by atoms with Crippen LogP contribution in [0.2, 0.25) is 0 Å². The zero-order valence-electron chi connectivity index (χ0n) is 12.5. The smallest absolute Gasteiger partial charge is 0.307 e. The van der Waals surface area contributed by atoms with E-state index in [1.165, 1.54) is 0 Å². The van der Waals surface area contributed by atoms with E-state index < -0.39 is 11.9 Å². The lowest BCUT2D eigenvalue weighted by molar-refractivity contribution is -0.141. The number of hydrogen-bond donors (Lipinski definition) is 1. The molecule has 1 aromatic rings. The number of aliphatic carboxylic acids is 1. The quantitative estimate of drug-likeness (QED) is 0.870. The second-order valence-corrected chi connectivity index (χ2v) is 6.23. The van der Waals surface area contributed by atoms with Gasteiger partial charge < -0.3 is 14.7 Å². The number of likely N-dealkylation sites (tertiary alicyclic amines) is 1. The van der Waals surface area contributed by atoms with Crippen LogP contribution in [0.3, 0.4) is 0 Å². The highest BCUT2D eigenvalue weighted by Crippen LogP contribution is 2.40. The number of carboxylic acid groups (broad SMARTS) is 1. The van der Waals surface area contributed by atoms with Gasteiger partial charge >= 0.3 is 5.97 Å². The van der Waals surface area contributed by atoms with Gasteiger partial charge in [-0.15, -0.1) is 0 Å². The van der Waals surface area contributed by atoms with Crippen LogP contribution in [0.4, 0.5) is 0 Å². The number of ether oxygens (including phenoxy) is 1. The molecule has 0 spiro atoms. The number of nitrogens with zero attached hydrogens (tertiary/aromatic N) is 1. The molecule has 0 aromatic heterocycles. The summed E-state index contributed by atoms with van der Waals surface area (Å²) < 4.78 is 5.74. The minimum absolute atomic E-state index is 0.0120. The zero-order valence-corrected chi connectivity index (χ0v) is 12.5. The van der Waals surface area contributed by atoms with Crippen LogP contribution < -0.4 is 0 Å². The van der Waals surface area contributed by atoms with Crippen LogP contribution in [0.25, 0.3) is 0 Å². The molecule has 1 aromatic carbocycles. The van der Waals surface area contributed by atoms with Crippen molar-refractivity contribution < 1.29 is 19.4 Å². The molecular weight excluding hydrogens is 282 g/mol. The van der Waals surface area contributed by atoms with Gasteiger partial charge in [0.25, 0.3) is 0 Å². The molecule has 1 amide bonds. The first-order valence-corrected chi connectivity index (χ1v) is 7.78. The van der Waals surface area contributed by atoms with E-state index in [1.54, 1.807) is 0 Å². The van der Waals surface area contributed by atoms with Gasteiger partial charge in [0.2, 0.25) is 5.91 Å². The second-order valence-electron chi connectivity index (χ2n) is 6.23. The van der Waals surface area contributed by atoms with Gasteiger partial charge in [0, 0.05) is 19.0 Å². The van der Waals surface area contributed by atoms with Gasteiger partial charge in [0.1, 0.15) is 0 Å². The molecule has 118 valence electrons. The maximum absolute atomic E-state index is 12.2. The maximum Gasteiger partial charge on any atom is 0.307 e. The van der Waals surface area contributed by atoms with E-state index in [2.05, 4.69) is 0 Å². The Balaban J connectivity index is 1.39. The van der Waals surface area contributed by atoms with Crippen molar-refractivity contribution in [2.45, 2.75) is 19.4 Å². The highest BCUT2D eigenvalue weighted by molar-refractivity contribution is 5.89. The number of benzene rings is 1. The minimum Gasteiger partial charge on any atom is -0.481 e. The van der Waals surface area contributed by atoms with Gasteiger partial charge in [-0.05, 0) is 18.4 Å². The molecule has 1 saturated heterocycles. The molecule has 1 aliphatic heterocycles. The molecule has 3 atom stereocenters. The number of amides is 1. The normalized spacial score (nSPS) is 26.9. The summed E-state index contributed by atoms with van der Waals surface area (Å²) in [6, 6.07) is 10.0. The molecule has 0 radical (unpaired) electrons. The first kappa shape index (κ1) is 15.0. The van der Waals surface area contributed by atoms with Crippen molar-refractivity contribution in [1.82, 2.24) is 4.90 Å². The Morgan fingerprint density at radius 3 is 2.68 bits per heavy atom. The molecule has 0 unspecified atom stereocenters. The number of rotatable bonds is 6. The fourth-order valence-electron chi connectivity index (χ4n) is 3.06. The molecule has 1 N–H and O–H groups in total. The molecule has 5 nitrogen and oxygen atoms in total. The molecule has 0 bridgehead atoms. The molecule has 2 aliphatic rings. The minimum atomic E-state index is -0.847. The SMILES string of the molecule is O=C(O)[C@@H]1C[C@@H]1C(=O)N1CC[C@@H](COCc2ccccc2)C1. The first-order valence-electron chi connectivity index (χ1n) is 7.78. The Hall–Kier alpha value is -1.88. The van der Waals surface area contributed by atoms with E-state index in [0.29, 0.717) is 32.1 Å². The lowest BCUT2D eigenvalue weighted by atomic mass is 10.1. The average molecular weight is 303 g/mol. The summed E-state index contributed by atoms with van der Waals surface area (Å²) in [4.78, 5) is 24.8. The standard InChI is InChI=1S/C17H21NO4/c19-16(14-8-15(14)17(20)21)18-7-6-13(9-18)11-22-10-12-4-2-1-3-5-12/h1-5,13-15H,6-11H2,(H,20,21)/t13-,14+,15-/m1/s1. The molecule has 1 aliphatic carbocycles. The van der Waals surface area contributed by atoms with Crippen LogP contribution >= 0.6 is 0 Å². The fraction of sp³-hybridized carbons (Fsp3) is 0.529. The maximum atomic E-state index is 12.2. The number of hydrogen-bond acceptors (Lipinski definition) is 3. The lowest BCUT2D eigenvalue weighted by Gasteiger charge is -2.16. The third-order valence-corrected chi connectivity index (χ3v) is 4.49. The van der Waals surface area contributed by atoms with Gasteiger partial charge in [-0.25, -0.2) is 0 Å². The highest BCUT2D eigenvalue weighted by atomic mass is 16.5. The molecule has 1 heterocycles. The summed E-state index contributed by atoms with van der Waals surface area (Å²) in [6.07, 6.45) is 1.44. The fourth-order valence-corrected chi connectivity index (χ4v) is 3.06. The van der Waals surface area contributed by atoms with E-state index in [9.17, 15) is 9.59 Å². The predicted molar refractivity (Wildman–Crippen MR) is 80.0 cm³/mol. The Morgan fingerprint density at radius 1 is 1.23 bits per heavy atom. The van der Waals surface area contributed by atoms with Crippen molar-refractivity contribution in [2.75, 3.05) is 19.7 Å². The van der Waals surface area contributed by atoms with Crippen molar-refractivity contribution in [2.24, 2.45) is 17.8 Å². The van der Waals surface area contributed by atoms with Crippen LogP contribution in [0.5, 0.6) is 0 Å². The highest BCUT2D eigenvalue weighted by Gasteiger charge is 2.50. The van der Waals surface area contributed by atoms with E-state index in [4.69, 9.17) is 9.84 Å². The summed E-state index contributed by atoms with van der Waals surface area (Å²) in [6.45, 7) is 2.65. The van der Waals surface area contributed by atoms with Gasteiger partial charge in [0.15, 0.2) is 0 Å². The van der Waals surface area contributed by atoms with Crippen LogP contribution in [-0.2, 0) is 20.9 Å². The summed E-state index contributed by atoms with van der Waals surface area (Å²) in [7, 11) is 0. The predicted octanol–water partition coefficient (Wildman–Crippen LogP) is 1.77. The molecule has 22 heavy (non-hydrogen) atoms. The third-order valence-electron chi connectivity index (χ3n) is 4.49. The molecule has 1 saturated carbocycles. The van der Waals surface area contributed by atoms with Gasteiger partial charge in [0.05, 0.1) is 25.0 Å². The van der Waals surface area contributed by atoms with Crippen LogP contribution in [0.15, 0.2) is 30.3 Å². The second kappa shape index (κ2) is 6.48. The summed E-state index contributed by atoms with van der Waals surface area (Å²) >= 11 is 0. The first-order chi connectivity index (χ1) is 10.6. The average Bonchev–Trinajstić information content (AvgIpc) is 3.20. The van der Waals surface area contributed by atoms with Crippen molar-refractivity contribution >= 4 is 11.9 Å². The Morgan fingerprint density at radius 2 is 2.00 bits per heavy atom. The van der Waals surface area contributed by atoms with Crippen LogP contribution in [-0.4, -0.2) is 41.6 Å². The molecule has 3 rings (SSSR count). The van der Waals surface area contributed by atoms with Gasteiger partial charge in [-0.3, -0.25) is 9.59 Å². The number of carbonyl (C=O) groups excluding carboxylic acids is 1. The summed E-state index contributed by atoms with van der Waals surface area (Å²) in [5.41, 5.74) is 1.15. The summed E-state index contributed by atoms with van der Waals surface area (Å²) in [5.74, 6) is -1.23. The number of carboxylic acids is 1. The summed E-state index contributed by atoms with van der Waals surface area (Å²) in [5, 5.41) is 8.90. The van der Waals surface area contributed by atoms with Crippen molar-refractivity contribution in [3.8, 4) is 0 Å². The van der Waals surface area contributed by atoms with E-state index in [-0.39, 0.29) is 11.8 Å². The molecular formula is C17H21NO4. The van der Waals surface area contributed by atoms with Crippen molar-refractivity contribution in [3.05, 3.63) is 35.9 Å². The third kappa shape index (κ3) is 3.47. The monoisotopic (exact) mass is 303 g/mol. The Labute approximate surface area is 129 Å². The molecule has 5 heteroatoms. The Bertz CT molecular complexity index is 545.